The van der Waals surface area contributed by atoms with Gasteiger partial charge < -0.3 is 15.5 Å². The molecule has 3 N–H and O–H groups in total. The Labute approximate surface area is 161 Å². The fourth-order valence-corrected chi connectivity index (χ4v) is 4.74. The van der Waals surface area contributed by atoms with Crippen molar-refractivity contribution < 1.29 is 4.79 Å². The summed E-state index contributed by atoms with van der Waals surface area (Å²) in [6, 6.07) is 4.37. The minimum atomic E-state index is -0.472. The molecule has 1 aromatic heterocycles. The van der Waals surface area contributed by atoms with E-state index in [-0.39, 0.29) is 5.91 Å². The molecule has 2 aromatic rings. The van der Waals surface area contributed by atoms with Crippen molar-refractivity contribution in [1.29, 1.82) is 0 Å². The average Bonchev–Trinajstić information content (AvgIpc) is 3.17. The second-order valence-electron chi connectivity index (χ2n) is 8.21. The molecule has 2 saturated heterocycles. The first-order chi connectivity index (χ1) is 13.1. The maximum absolute atomic E-state index is 12.9. The molecule has 6 heteroatoms. The third-order valence-electron chi connectivity index (χ3n) is 6.26. The number of rotatable bonds is 4. The van der Waals surface area contributed by atoms with E-state index in [4.69, 9.17) is 5.73 Å². The molecule has 27 heavy (non-hydrogen) atoms. The Morgan fingerprint density at radius 2 is 1.96 bits per heavy atom. The van der Waals surface area contributed by atoms with Gasteiger partial charge in [0.2, 0.25) is 5.91 Å². The zero-order valence-electron chi connectivity index (χ0n) is 16.3. The largest absolute Gasteiger partial charge is 0.341 e. The third kappa shape index (κ3) is 4.01. The SMILES string of the molecule is Cc1cc(CC(N)C(=O)N2CCC(N3CCCCC3)CC2)cc2cn[nH]c12. The first-order valence-corrected chi connectivity index (χ1v) is 10.3. The lowest BCUT2D eigenvalue weighted by Gasteiger charge is -2.40. The Morgan fingerprint density at radius 3 is 2.70 bits per heavy atom. The fourth-order valence-electron chi connectivity index (χ4n) is 4.74. The summed E-state index contributed by atoms with van der Waals surface area (Å²) in [6.45, 7) is 6.20. The Balaban J connectivity index is 1.33. The summed E-state index contributed by atoms with van der Waals surface area (Å²) in [7, 11) is 0. The second-order valence-corrected chi connectivity index (χ2v) is 8.21. The third-order valence-corrected chi connectivity index (χ3v) is 6.26. The minimum absolute atomic E-state index is 0.0945. The van der Waals surface area contributed by atoms with Crippen LogP contribution in [0.2, 0.25) is 0 Å². The van der Waals surface area contributed by atoms with E-state index in [1.54, 1.807) is 0 Å². The normalized spacial score (nSPS) is 20.9. The number of likely N-dealkylation sites (tertiary alicyclic amines) is 2. The van der Waals surface area contributed by atoms with Gasteiger partial charge in [-0.05, 0) is 69.3 Å². The molecule has 0 spiro atoms. The number of aromatic amines is 1. The average molecular weight is 370 g/mol. The molecule has 1 aromatic carbocycles. The zero-order chi connectivity index (χ0) is 18.8. The number of nitrogens with zero attached hydrogens (tertiary/aromatic N) is 3. The van der Waals surface area contributed by atoms with E-state index in [0.29, 0.717) is 12.5 Å². The number of hydrogen-bond acceptors (Lipinski definition) is 4. The van der Waals surface area contributed by atoms with Gasteiger partial charge in [0, 0.05) is 24.5 Å². The molecular weight excluding hydrogens is 338 g/mol. The van der Waals surface area contributed by atoms with Gasteiger partial charge in [0.25, 0.3) is 0 Å². The predicted molar refractivity (Wildman–Crippen MR) is 108 cm³/mol. The Morgan fingerprint density at radius 1 is 1.22 bits per heavy atom. The van der Waals surface area contributed by atoms with Gasteiger partial charge in [-0.25, -0.2) is 0 Å². The van der Waals surface area contributed by atoms with Gasteiger partial charge in [0.1, 0.15) is 0 Å². The molecule has 2 aliphatic heterocycles. The van der Waals surface area contributed by atoms with Crippen LogP contribution in [-0.2, 0) is 11.2 Å². The van der Waals surface area contributed by atoms with E-state index in [0.717, 1.165) is 48.0 Å². The van der Waals surface area contributed by atoms with Crippen molar-refractivity contribution in [1.82, 2.24) is 20.0 Å². The Bertz CT molecular complexity index is 787. The van der Waals surface area contributed by atoms with Gasteiger partial charge >= 0.3 is 0 Å². The number of nitrogens with one attached hydrogen (secondary N) is 1. The summed E-state index contributed by atoms with van der Waals surface area (Å²) in [5.41, 5.74) is 9.60. The number of amides is 1. The molecule has 1 amide bonds. The van der Waals surface area contributed by atoms with Crippen LogP contribution < -0.4 is 5.73 Å². The molecule has 3 heterocycles. The van der Waals surface area contributed by atoms with E-state index >= 15 is 0 Å². The van der Waals surface area contributed by atoms with Crippen LogP contribution in [0.1, 0.15) is 43.2 Å². The van der Waals surface area contributed by atoms with Gasteiger partial charge in [-0.1, -0.05) is 12.5 Å². The van der Waals surface area contributed by atoms with Crippen LogP contribution in [0.25, 0.3) is 10.9 Å². The smallest absolute Gasteiger partial charge is 0.239 e. The van der Waals surface area contributed by atoms with Crippen LogP contribution >= 0.6 is 0 Å². The monoisotopic (exact) mass is 369 g/mol. The molecule has 146 valence electrons. The van der Waals surface area contributed by atoms with Crippen molar-refractivity contribution in [3.8, 4) is 0 Å². The summed E-state index contributed by atoms with van der Waals surface area (Å²) >= 11 is 0. The number of carbonyl (C=O) groups excluding carboxylic acids is 1. The van der Waals surface area contributed by atoms with Gasteiger partial charge in [-0.3, -0.25) is 9.89 Å². The maximum atomic E-state index is 12.9. The molecule has 6 nitrogen and oxygen atoms in total. The molecule has 0 saturated carbocycles. The van der Waals surface area contributed by atoms with Crippen molar-refractivity contribution in [2.45, 2.75) is 57.5 Å². The van der Waals surface area contributed by atoms with Crippen LogP contribution in [0.15, 0.2) is 18.3 Å². The van der Waals surface area contributed by atoms with E-state index in [1.807, 2.05) is 11.1 Å². The number of H-pyrrole nitrogens is 1. The lowest BCUT2D eigenvalue weighted by Crippen LogP contribution is -2.52. The number of aryl methyl sites for hydroxylation is 1. The van der Waals surface area contributed by atoms with Crippen LogP contribution in [0.4, 0.5) is 0 Å². The van der Waals surface area contributed by atoms with E-state index in [9.17, 15) is 4.79 Å². The van der Waals surface area contributed by atoms with Gasteiger partial charge in [0.05, 0.1) is 17.8 Å². The Kier molecular flexibility index (Phi) is 5.45. The fraction of sp³-hybridized carbons (Fsp3) is 0.619. The van der Waals surface area contributed by atoms with E-state index < -0.39 is 6.04 Å². The highest BCUT2D eigenvalue weighted by atomic mass is 16.2. The van der Waals surface area contributed by atoms with Crippen molar-refractivity contribution in [3.63, 3.8) is 0 Å². The minimum Gasteiger partial charge on any atom is -0.341 e. The van der Waals surface area contributed by atoms with Gasteiger partial charge in [-0.2, -0.15) is 5.10 Å². The number of piperidine rings is 2. The summed E-state index contributed by atoms with van der Waals surface area (Å²) < 4.78 is 0. The predicted octanol–water partition coefficient (Wildman–Crippen LogP) is 2.22. The Hall–Kier alpha value is -1.92. The highest BCUT2D eigenvalue weighted by Crippen LogP contribution is 2.22. The second kappa shape index (κ2) is 7.98. The number of aromatic nitrogens is 2. The van der Waals surface area contributed by atoms with Gasteiger partial charge in [0.15, 0.2) is 0 Å². The van der Waals surface area contributed by atoms with Crippen molar-refractivity contribution >= 4 is 16.8 Å². The highest BCUT2D eigenvalue weighted by Gasteiger charge is 2.29. The molecule has 4 rings (SSSR count). The van der Waals surface area contributed by atoms with E-state index in [1.165, 1.54) is 32.4 Å². The van der Waals surface area contributed by atoms with Gasteiger partial charge in [-0.15, -0.1) is 0 Å². The van der Waals surface area contributed by atoms with Crippen LogP contribution in [-0.4, -0.2) is 64.2 Å². The summed E-state index contributed by atoms with van der Waals surface area (Å²) in [6.07, 6.45) is 8.58. The quantitative estimate of drug-likeness (QED) is 0.866. The first-order valence-electron chi connectivity index (χ1n) is 10.3. The number of benzene rings is 1. The topological polar surface area (TPSA) is 78.2 Å². The number of fused-ring (bicyclic) bond motifs is 1. The number of nitrogens with two attached hydrogens (primary N) is 1. The van der Waals surface area contributed by atoms with Crippen molar-refractivity contribution in [3.05, 3.63) is 29.5 Å². The molecule has 2 fully saturated rings. The molecule has 0 radical (unpaired) electrons. The summed E-state index contributed by atoms with van der Waals surface area (Å²) in [5.74, 6) is 0.0945. The number of carbonyl (C=O) groups is 1. The summed E-state index contributed by atoms with van der Waals surface area (Å²) in [4.78, 5) is 17.5. The van der Waals surface area contributed by atoms with E-state index in [2.05, 4.69) is 34.2 Å². The van der Waals surface area contributed by atoms with Crippen molar-refractivity contribution in [2.75, 3.05) is 26.2 Å². The maximum Gasteiger partial charge on any atom is 0.239 e. The molecule has 1 unspecified atom stereocenters. The lowest BCUT2D eigenvalue weighted by atomic mass is 9.98. The molecule has 0 aliphatic carbocycles. The highest BCUT2D eigenvalue weighted by molar-refractivity contribution is 5.84. The first kappa shape index (κ1) is 18.4. The number of hydrogen-bond donors (Lipinski definition) is 2. The van der Waals surface area contributed by atoms with Crippen LogP contribution in [0.5, 0.6) is 0 Å². The standard InChI is InChI=1S/C21H31N5O/c1-15-11-16(12-17-14-23-24-20(15)17)13-19(22)21(27)26-9-5-18(6-10-26)25-7-3-2-4-8-25/h11-12,14,18-19H,2-10,13,22H2,1H3,(H,23,24). The lowest BCUT2D eigenvalue weighted by molar-refractivity contribution is -0.134. The van der Waals surface area contributed by atoms with Crippen LogP contribution in [0.3, 0.4) is 0 Å². The molecule has 1 atom stereocenters. The zero-order valence-corrected chi connectivity index (χ0v) is 16.3. The summed E-state index contributed by atoms with van der Waals surface area (Å²) in [5, 5.41) is 8.19. The molecule has 0 bridgehead atoms. The molecule has 2 aliphatic rings. The van der Waals surface area contributed by atoms with Crippen LogP contribution in [0, 0.1) is 6.92 Å². The van der Waals surface area contributed by atoms with Crippen molar-refractivity contribution in [2.24, 2.45) is 5.73 Å². The molecular formula is C21H31N5O.